The molecule has 2 fully saturated rings. The topological polar surface area (TPSA) is 50.8 Å². The molecular formula is C25H39FN2O3. The molecule has 0 spiro atoms. The van der Waals surface area contributed by atoms with Crippen molar-refractivity contribution in [2.45, 2.75) is 103 Å². The van der Waals surface area contributed by atoms with Gasteiger partial charge in [0.05, 0.1) is 6.10 Å². The van der Waals surface area contributed by atoms with Gasteiger partial charge in [-0.2, -0.15) is 0 Å². The molecule has 174 valence electrons. The molecule has 5 nitrogen and oxygen atoms in total. The Kier molecular flexibility index (Phi) is 7.84. The van der Waals surface area contributed by atoms with Crippen LogP contribution in [-0.4, -0.2) is 47.9 Å². The molecule has 1 aromatic rings. The number of halogens is 1. The van der Waals surface area contributed by atoms with Crippen molar-refractivity contribution in [3.63, 3.8) is 0 Å². The Bertz CT molecular complexity index is 731. The van der Waals surface area contributed by atoms with E-state index in [1.54, 1.807) is 6.07 Å². The number of hydrogen-bond donors (Lipinski definition) is 1. The smallest absolute Gasteiger partial charge is 0.407 e. The van der Waals surface area contributed by atoms with Gasteiger partial charge in [0, 0.05) is 18.2 Å². The lowest BCUT2D eigenvalue weighted by atomic mass is 9.85. The highest BCUT2D eigenvalue weighted by Gasteiger charge is 2.31. The number of piperidine rings is 1. The maximum atomic E-state index is 13.7. The highest BCUT2D eigenvalue weighted by atomic mass is 19.1. The first kappa shape index (κ1) is 23.8. The third-order valence-corrected chi connectivity index (χ3v) is 6.24. The summed E-state index contributed by atoms with van der Waals surface area (Å²) in [7, 11) is 0. The summed E-state index contributed by atoms with van der Waals surface area (Å²) in [5.74, 6) is 0.867. The minimum atomic E-state index is -0.462. The second-order valence-electron chi connectivity index (χ2n) is 10.3. The SMILES string of the molecule is CC(C)Oc1cc(F)ccc1C1CCN(C2CCC(NC(=O)OC(C)(C)C)CC2)CC1. The molecule has 0 atom stereocenters. The number of rotatable bonds is 5. The summed E-state index contributed by atoms with van der Waals surface area (Å²) in [6.45, 7) is 11.7. The third-order valence-electron chi connectivity index (χ3n) is 6.24. The van der Waals surface area contributed by atoms with Crippen molar-refractivity contribution < 1.29 is 18.7 Å². The molecule has 3 rings (SSSR count). The van der Waals surface area contributed by atoms with Crippen LogP contribution in [-0.2, 0) is 4.74 Å². The summed E-state index contributed by atoms with van der Waals surface area (Å²) in [6.07, 6.45) is 6.04. The number of benzene rings is 1. The fraction of sp³-hybridized carbons (Fsp3) is 0.720. The van der Waals surface area contributed by atoms with E-state index in [0.29, 0.717) is 17.7 Å². The third kappa shape index (κ3) is 7.09. The normalized spacial score (nSPS) is 23.6. The molecule has 1 saturated heterocycles. The van der Waals surface area contributed by atoms with E-state index >= 15 is 0 Å². The van der Waals surface area contributed by atoms with Crippen LogP contribution in [0, 0.1) is 5.82 Å². The number of likely N-dealkylation sites (tertiary alicyclic amines) is 1. The molecule has 1 N–H and O–H groups in total. The Hall–Kier alpha value is -1.82. The van der Waals surface area contributed by atoms with E-state index in [9.17, 15) is 9.18 Å². The average molecular weight is 435 g/mol. The lowest BCUT2D eigenvalue weighted by Gasteiger charge is -2.41. The van der Waals surface area contributed by atoms with Crippen LogP contribution in [0.3, 0.4) is 0 Å². The predicted octanol–water partition coefficient (Wildman–Crippen LogP) is 5.63. The summed E-state index contributed by atoms with van der Waals surface area (Å²) < 4.78 is 25.0. The molecule has 31 heavy (non-hydrogen) atoms. The summed E-state index contributed by atoms with van der Waals surface area (Å²) in [5.41, 5.74) is 0.677. The van der Waals surface area contributed by atoms with Gasteiger partial charge in [0.25, 0.3) is 0 Å². The monoisotopic (exact) mass is 434 g/mol. The van der Waals surface area contributed by atoms with E-state index in [2.05, 4.69) is 10.2 Å². The predicted molar refractivity (Wildman–Crippen MR) is 121 cm³/mol. The lowest BCUT2D eigenvalue weighted by molar-refractivity contribution is 0.0469. The van der Waals surface area contributed by atoms with Crippen LogP contribution in [0.25, 0.3) is 0 Å². The molecule has 1 heterocycles. The summed E-state index contributed by atoms with van der Waals surface area (Å²) >= 11 is 0. The van der Waals surface area contributed by atoms with Crippen LogP contribution in [0.1, 0.15) is 84.6 Å². The van der Waals surface area contributed by atoms with Crippen molar-refractivity contribution in [1.29, 1.82) is 0 Å². The van der Waals surface area contributed by atoms with Gasteiger partial charge >= 0.3 is 6.09 Å². The number of hydrogen-bond acceptors (Lipinski definition) is 4. The highest BCUT2D eigenvalue weighted by Crippen LogP contribution is 2.37. The Balaban J connectivity index is 1.48. The van der Waals surface area contributed by atoms with E-state index in [4.69, 9.17) is 9.47 Å². The van der Waals surface area contributed by atoms with Gasteiger partial charge in [-0.05, 0) is 104 Å². The molecule has 1 aliphatic heterocycles. The fourth-order valence-electron chi connectivity index (χ4n) is 4.84. The number of nitrogens with zero attached hydrogens (tertiary/aromatic N) is 1. The van der Waals surface area contributed by atoms with Gasteiger partial charge in [0.2, 0.25) is 0 Å². The molecule has 1 aliphatic carbocycles. The number of alkyl carbamates (subject to hydrolysis) is 1. The van der Waals surface area contributed by atoms with Gasteiger partial charge in [-0.15, -0.1) is 0 Å². The quantitative estimate of drug-likeness (QED) is 0.653. The van der Waals surface area contributed by atoms with Gasteiger partial charge in [-0.25, -0.2) is 9.18 Å². The zero-order valence-corrected chi connectivity index (χ0v) is 19.7. The van der Waals surface area contributed by atoms with Gasteiger partial charge in [-0.1, -0.05) is 6.07 Å². The minimum absolute atomic E-state index is 0.0325. The van der Waals surface area contributed by atoms with Gasteiger partial charge in [0.1, 0.15) is 17.2 Å². The summed E-state index contributed by atoms with van der Waals surface area (Å²) in [6, 6.07) is 5.77. The van der Waals surface area contributed by atoms with Crippen molar-refractivity contribution >= 4 is 6.09 Å². The highest BCUT2D eigenvalue weighted by molar-refractivity contribution is 5.68. The largest absolute Gasteiger partial charge is 0.491 e. The molecule has 1 amide bonds. The van der Waals surface area contributed by atoms with Gasteiger partial charge < -0.3 is 19.7 Å². The fourth-order valence-corrected chi connectivity index (χ4v) is 4.84. The molecule has 0 aromatic heterocycles. The molecular weight excluding hydrogens is 395 g/mol. The Labute approximate surface area is 186 Å². The molecule has 1 aromatic carbocycles. The maximum absolute atomic E-state index is 13.7. The summed E-state index contributed by atoms with van der Waals surface area (Å²) in [5, 5.41) is 3.03. The van der Waals surface area contributed by atoms with Crippen LogP contribution in [0.15, 0.2) is 18.2 Å². The number of carbonyl (C=O) groups excluding carboxylic acids is 1. The number of carbonyl (C=O) groups is 1. The van der Waals surface area contributed by atoms with Crippen molar-refractivity contribution in [2.24, 2.45) is 0 Å². The Morgan fingerprint density at radius 2 is 1.74 bits per heavy atom. The maximum Gasteiger partial charge on any atom is 0.407 e. The first-order chi connectivity index (χ1) is 14.6. The minimum Gasteiger partial charge on any atom is -0.491 e. The molecule has 0 radical (unpaired) electrons. The van der Waals surface area contributed by atoms with E-state index in [0.717, 1.165) is 57.2 Å². The van der Waals surface area contributed by atoms with Crippen molar-refractivity contribution in [1.82, 2.24) is 10.2 Å². The van der Waals surface area contributed by atoms with Crippen LogP contribution in [0.2, 0.25) is 0 Å². The number of ether oxygens (including phenoxy) is 2. The zero-order valence-electron chi connectivity index (χ0n) is 19.7. The Morgan fingerprint density at radius 3 is 2.32 bits per heavy atom. The average Bonchev–Trinajstić information content (AvgIpc) is 2.67. The zero-order chi connectivity index (χ0) is 22.6. The molecule has 6 heteroatoms. The van der Waals surface area contributed by atoms with Crippen molar-refractivity contribution in [3.05, 3.63) is 29.6 Å². The first-order valence-corrected chi connectivity index (χ1v) is 11.8. The standard InChI is InChI=1S/C25H39FN2O3/c1-17(2)30-23-16-19(26)6-11-22(23)18-12-14-28(15-13-18)21-9-7-20(8-10-21)27-24(29)31-25(3,4)5/h6,11,16-18,20-21H,7-10,12-15H2,1-5H3,(H,27,29). The van der Waals surface area contributed by atoms with E-state index < -0.39 is 5.60 Å². The lowest BCUT2D eigenvalue weighted by Crippen LogP contribution is -2.47. The van der Waals surface area contributed by atoms with Crippen LogP contribution in [0.5, 0.6) is 5.75 Å². The molecule has 1 saturated carbocycles. The van der Waals surface area contributed by atoms with Gasteiger partial charge in [0.15, 0.2) is 0 Å². The molecule has 0 unspecified atom stereocenters. The van der Waals surface area contributed by atoms with Crippen molar-refractivity contribution in [2.75, 3.05) is 13.1 Å². The second kappa shape index (κ2) is 10.2. The van der Waals surface area contributed by atoms with Crippen LogP contribution in [0.4, 0.5) is 9.18 Å². The number of nitrogens with one attached hydrogen (secondary N) is 1. The van der Waals surface area contributed by atoms with E-state index in [-0.39, 0.29) is 24.1 Å². The van der Waals surface area contributed by atoms with E-state index in [1.165, 1.54) is 6.07 Å². The van der Waals surface area contributed by atoms with Gasteiger partial charge in [-0.3, -0.25) is 0 Å². The van der Waals surface area contributed by atoms with Crippen LogP contribution < -0.4 is 10.1 Å². The first-order valence-electron chi connectivity index (χ1n) is 11.8. The summed E-state index contributed by atoms with van der Waals surface area (Å²) in [4.78, 5) is 14.6. The van der Waals surface area contributed by atoms with Crippen LogP contribution >= 0.6 is 0 Å². The van der Waals surface area contributed by atoms with Crippen molar-refractivity contribution in [3.8, 4) is 5.75 Å². The molecule has 2 aliphatic rings. The van der Waals surface area contributed by atoms with E-state index in [1.807, 2.05) is 40.7 Å². The Morgan fingerprint density at radius 1 is 1.10 bits per heavy atom. The number of amides is 1. The second-order valence-corrected chi connectivity index (χ2v) is 10.3. The molecule has 0 bridgehead atoms.